The minimum absolute atomic E-state index is 0.0713. The second kappa shape index (κ2) is 5.49. The smallest absolute Gasteiger partial charge is 0.147 e. The largest absolute Gasteiger partial charge is 0.392 e. The first-order valence-electron chi connectivity index (χ1n) is 4.13. The summed E-state index contributed by atoms with van der Waals surface area (Å²) in [6, 6.07) is 5.32. The van der Waals surface area contributed by atoms with Crippen LogP contribution in [0.1, 0.15) is 11.1 Å². The molecule has 0 heterocycles. The number of alkyl halides is 1. The van der Waals surface area contributed by atoms with Crippen LogP contribution in [0.2, 0.25) is 5.02 Å². The van der Waals surface area contributed by atoms with Crippen molar-refractivity contribution in [2.75, 3.05) is 5.33 Å². The Morgan fingerprint density at radius 1 is 1.43 bits per heavy atom. The summed E-state index contributed by atoms with van der Waals surface area (Å²) in [5.41, 5.74) is 1.43. The lowest BCUT2D eigenvalue weighted by Gasteiger charge is -2.06. The van der Waals surface area contributed by atoms with Gasteiger partial charge in [-0.25, -0.2) is 0 Å². The van der Waals surface area contributed by atoms with Gasteiger partial charge in [0, 0.05) is 11.4 Å². The first-order valence-corrected chi connectivity index (χ1v) is 5.63. The van der Waals surface area contributed by atoms with Crippen LogP contribution in [0.15, 0.2) is 18.2 Å². The number of halogens is 2. The molecule has 1 N–H and O–H groups in total. The number of hydrogen-bond acceptors (Lipinski definition) is 2. The second-order valence-electron chi connectivity index (χ2n) is 2.90. The van der Waals surface area contributed by atoms with E-state index >= 15 is 0 Å². The zero-order chi connectivity index (χ0) is 10.6. The van der Waals surface area contributed by atoms with Crippen LogP contribution in [0.25, 0.3) is 0 Å². The van der Waals surface area contributed by atoms with Gasteiger partial charge in [-0.2, -0.15) is 0 Å². The van der Waals surface area contributed by atoms with Gasteiger partial charge in [0.05, 0.1) is 11.9 Å². The highest BCUT2D eigenvalue weighted by Gasteiger charge is 2.08. The molecule has 0 aliphatic heterocycles. The van der Waals surface area contributed by atoms with E-state index in [9.17, 15) is 4.79 Å². The minimum atomic E-state index is -0.102. The van der Waals surface area contributed by atoms with Crippen molar-refractivity contribution in [2.45, 2.75) is 13.0 Å². The van der Waals surface area contributed by atoms with Crippen LogP contribution in [0, 0.1) is 0 Å². The summed E-state index contributed by atoms with van der Waals surface area (Å²) in [4.78, 5) is 11.2. The van der Waals surface area contributed by atoms with Gasteiger partial charge in [-0.3, -0.25) is 4.79 Å². The van der Waals surface area contributed by atoms with E-state index in [-0.39, 0.29) is 12.4 Å². The van der Waals surface area contributed by atoms with Gasteiger partial charge >= 0.3 is 0 Å². The maximum Gasteiger partial charge on any atom is 0.147 e. The van der Waals surface area contributed by atoms with Crippen molar-refractivity contribution < 1.29 is 9.90 Å². The molecule has 4 heteroatoms. The predicted octanol–water partition coefficient (Wildman–Crippen LogP) is 2.34. The SMILES string of the molecule is O=C(CBr)Cc1cccc(CO)c1Cl. The predicted molar refractivity (Wildman–Crippen MR) is 59.9 cm³/mol. The molecule has 0 fully saturated rings. The molecular weight excluding hydrogens is 267 g/mol. The van der Waals surface area contributed by atoms with Crippen LogP contribution >= 0.6 is 27.5 Å². The third kappa shape index (κ3) is 2.80. The first kappa shape index (κ1) is 11.7. The van der Waals surface area contributed by atoms with Gasteiger partial charge in [0.15, 0.2) is 0 Å². The Kier molecular flexibility index (Phi) is 4.58. The molecule has 0 saturated carbocycles. The van der Waals surface area contributed by atoms with Crippen LogP contribution < -0.4 is 0 Å². The van der Waals surface area contributed by atoms with Crippen molar-refractivity contribution in [3.8, 4) is 0 Å². The molecule has 0 aromatic heterocycles. The van der Waals surface area contributed by atoms with Crippen molar-refractivity contribution in [3.63, 3.8) is 0 Å². The zero-order valence-electron chi connectivity index (χ0n) is 7.46. The normalized spacial score (nSPS) is 10.2. The van der Waals surface area contributed by atoms with Gasteiger partial charge in [0.1, 0.15) is 5.78 Å². The van der Waals surface area contributed by atoms with Crippen molar-refractivity contribution in [1.82, 2.24) is 0 Å². The Morgan fingerprint density at radius 2 is 2.07 bits per heavy atom. The molecule has 0 unspecified atom stereocenters. The molecule has 76 valence electrons. The highest BCUT2D eigenvalue weighted by atomic mass is 79.9. The van der Waals surface area contributed by atoms with Crippen LogP contribution in [0.4, 0.5) is 0 Å². The molecule has 0 spiro atoms. The van der Waals surface area contributed by atoms with E-state index in [2.05, 4.69) is 15.9 Å². The van der Waals surface area contributed by atoms with E-state index in [1.165, 1.54) is 0 Å². The summed E-state index contributed by atoms with van der Waals surface area (Å²) >= 11 is 9.07. The number of carbonyl (C=O) groups is 1. The third-order valence-corrected chi connectivity index (χ3v) is 2.98. The number of hydrogen-bond donors (Lipinski definition) is 1. The highest BCUT2D eigenvalue weighted by Crippen LogP contribution is 2.21. The highest BCUT2D eigenvalue weighted by molar-refractivity contribution is 9.09. The average molecular weight is 278 g/mol. The Balaban J connectivity index is 2.92. The lowest BCUT2D eigenvalue weighted by atomic mass is 10.1. The molecule has 1 aromatic rings. The Bertz CT molecular complexity index is 339. The van der Waals surface area contributed by atoms with Gasteiger partial charge in [0.25, 0.3) is 0 Å². The van der Waals surface area contributed by atoms with E-state index in [1.54, 1.807) is 18.2 Å². The number of ketones is 1. The van der Waals surface area contributed by atoms with Gasteiger partial charge in [0.2, 0.25) is 0 Å². The van der Waals surface area contributed by atoms with Gasteiger partial charge in [-0.05, 0) is 11.1 Å². The Morgan fingerprint density at radius 3 is 2.64 bits per heavy atom. The summed E-state index contributed by atoms with van der Waals surface area (Å²) in [7, 11) is 0. The summed E-state index contributed by atoms with van der Waals surface area (Å²) in [5, 5.41) is 9.77. The molecule has 0 aliphatic carbocycles. The molecule has 14 heavy (non-hydrogen) atoms. The minimum Gasteiger partial charge on any atom is -0.392 e. The van der Waals surface area contributed by atoms with Crippen LogP contribution in [-0.2, 0) is 17.8 Å². The lowest BCUT2D eigenvalue weighted by molar-refractivity contribution is -0.115. The fraction of sp³-hybridized carbons (Fsp3) is 0.300. The van der Waals surface area contributed by atoms with Crippen LogP contribution in [-0.4, -0.2) is 16.2 Å². The number of aliphatic hydroxyl groups is 1. The number of benzene rings is 1. The third-order valence-electron chi connectivity index (χ3n) is 1.87. The molecule has 1 aromatic carbocycles. The van der Waals surface area contributed by atoms with Gasteiger partial charge < -0.3 is 5.11 Å². The molecule has 1 rings (SSSR count). The molecule has 0 amide bonds. The molecular formula is C10H10BrClO2. The Labute approximate surface area is 96.0 Å². The van der Waals surface area contributed by atoms with E-state index in [0.717, 1.165) is 5.56 Å². The van der Waals surface area contributed by atoms with E-state index < -0.39 is 0 Å². The standard InChI is InChI=1S/C10H10BrClO2/c11-5-9(14)4-7-2-1-3-8(6-13)10(7)12/h1-3,13H,4-6H2. The fourth-order valence-corrected chi connectivity index (χ4v) is 1.60. The van der Waals surface area contributed by atoms with Crippen LogP contribution in [0.5, 0.6) is 0 Å². The summed E-state index contributed by atoms with van der Waals surface area (Å²) in [5.74, 6) is 0.0713. The van der Waals surface area contributed by atoms with Crippen LogP contribution in [0.3, 0.4) is 0 Å². The van der Waals surface area contributed by atoms with Crippen molar-refractivity contribution in [2.24, 2.45) is 0 Å². The summed E-state index contributed by atoms with van der Waals surface area (Å²) in [6.45, 7) is -0.102. The number of aliphatic hydroxyl groups excluding tert-OH is 1. The quantitative estimate of drug-likeness (QED) is 0.858. The number of Topliss-reactive ketones (excluding diaryl/α,β-unsaturated/α-hetero) is 1. The number of carbonyl (C=O) groups excluding carboxylic acids is 1. The number of rotatable bonds is 4. The van der Waals surface area contributed by atoms with E-state index in [1.807, 2.05) is 0 Å². The van der Waals surface area contributed by atoms with Crippen molar-refractivity contribution in [3.05, 3.63) is 34.3 Å². The second-order valence-corrected chi connectivity index (χ2v) is 3.84. The van der Waals surface area contributed by atoms with Gasteiger partial charge in [-0.1, -0.05) is 45.7 Å². The maximum atomic E-state index is 11.2. The zero-order valence-corrected chi connectivity index (χ0v) is 9.81. The lowest BCUT2D eigenvalue weighted by Crippen LogP contribution is -2.04. The average Bonchev–Trinajstić information content (AvgIpc) is 2.21. The molecule has 0 bridgehead atoms. The van der Waals surface area contributed by atoms with Gasteiger partial charge in [-0.15, -0.1) is 0 Å². The Hall–Kier alpha value is -0.380. The first-order chi connectivity index (χ1) is 6.69. The van der Waals surface area contributed by atoms with E-state index in [0.29, 0.717) is 22.3 Å². The molecule has 0 aliphatic rings. The summed E-state index contributed by atoms with van der Waals surface area (Å²) in [6.07, 6.45) is 0.303. The molecule has 0 atom stereocenters. The topological polar surface area (TPSA) is 37.3 Å². The maximum absolute atomic E-state index is 11.2. The van der Waals surface area contributed by atoms with Crippen molar-refractivity contribution >= 4 is 33.3 Å². The summed E-state index contributed by atoms with van der Waals surface area (Å²) < 4.78 is 0. The fourth-order valence-electron chi connectivity index (χ4n) is 1.15. The molecule has 2 nitrogen and oxygen atoms in total. The molecule has 0 saturated heterocycles. The van der Waals surface area contributed by atoms with E-state index in [4.69, 9.17) is 16.7 Å². The monoisotopic (exact) mass is 276 g/mol. The molecule has 0 radical (unpaired) electrons. The van der Waals surface area contributed by atoms with Crippen molar-refractivity contribution in [1.29, 1.82) is 0 Å².